The first-order chi connectivity index (χ1) is 18.3. The molecule has 0 radical (unpaired) electrons. The molecule has 2 amide bonds. The molecule has 2 atom stereocenters. The monoisotopic (exact) mass is 530 g/mol. The molecule has 3 heterocycles. The Bertz CT molecular complexity index is 1290. The quantitative estimate of drug-likeness (QED) is 0.398. The zero-order chi connectivity index (χ0) is 26.9. The van der Waals surface area contributed by atoms with Crippen LogP contribution in [0.3, 0.4) is 0 Å². The summed E-state index contributed by atoms with van der Waals surface area (Å²) in [6.07, 6.45) is 7.89. The van der Waals surface area contributed by atoms with E-state index in [0.717, 1.165) is 24.8 Å². The number of nitrogens with zero attached hydrogens (tertiary/aromatic N) is 4. The van der Waals surface area contributed by atoms with E-state index in [1.54, 1.807) is 16.9 Å². The van der Waals surface area contributed by atoms with Gasteiger partial charge in [-0.2, -0.15) is 5.10 Å². The van der Waals surface area contributed by atoms with Crippen molar-refractivity contribution in [1.82, 2.24) is 30.4 Å². The number of hydrogen-bond donors (Lipinski definition) is 2. The standard InChI is InChI=1S/C26H32F2N6O4/c1-3-4-21(35)31-22(15-5-6-15)17-11-20-30-19(13-34(20)29-12-17)23(16-7-9-26(27,28)10-8-16)32-24(36)18-14-38-33-25(18)37-2/h11-16,22-23H,3-10H2,1-2H3,(H,31,35)(H,32,36)/t22-,23+/m1/s1. The summed E-state index contributed by atoms with van der Waals surface area (Å²) in [5.41, 5.74) is 2.05. The average molecular weight is 531 g/mol. The second-order valence-corrected chi connectivity index (χ2v) is 10.3. The van der Waals surface area contributed by atoms with E-state index in [0.29, 0.717) is 23.7 Å². The number of ether oxygens (including phenoxy) is 1. The number of methoxy groups -OCH3 is 1. The van der Waals surface area contributed by atoms with E-state index in [9.17, 15) is 18.4 Å². The van der Waals surface area contributed by atoms with Crippen molar-refractivity contribution in [3.8, 4) is 5.88 Å². The molecule has 204 valence electrons. The first kappa shape index (κ1) is 26.1. The van der Waals surface area contributed by atoms with Crippen LogP contribution in [0.5, 0.6) is 5.88 Å². The van der Waals surface area contributed by atoms with Crippen LogP contribution in [0.4, 0.5) is 8.78 Å². The Labute approximate surface area is 218 Å². The van der Waals surface area contributed by atoms with Crippen molar-refractivity contribution in [1.29, 1.82) is 0 Å². The number of carbonyl (C=O) groups is 2. The Morgan fingerprint density at radius 3 is 2.61 bits per heavy atom. The number of aromatic nitrogens is 4. The lowest BCUT2D eigenvalue weighted by atomic mass is 9.81. The number of fused-ring (bicyclic) bond motifs is 1. The van der Waals surface area contributed by atoms with Gasteiger partial charge in [-0.3, -0.25) is 9.59 Å². The van der Waals surface area contributed by atoms with Crippen LogP contribution >= 0.6 is 0 Å². The van der Waals surface area contributed by atoms with E-state index in [-0.39, 0.29) is 55.0 Å². The summed E-state index contributed by atoms with van der Waals surface area (Å²) in [5.74, 6) is -3.05. The highest BCUT2D eigenvalue weighted by atomic mass is 19.3. The molecule has 0 spiro atoms. The van der Waals surface area contributed by atoms with Gasteiger partial charge in [0.2, 0.25) is 11.8 Å². The first-order valence-electron chi connectivity index (χ1n) is 13.1. The van der Waals surface area contributed by atoms with Crippen molar-refractivity contribution in [3.05, 3.63) is 41.5 Å². The van der Waals surface area contributed by atoms with Gasteiger partial charge in [-0.05, 0) is 60.7 Å². The lowest BCUT2D eigenvalue weighted by molar-refractivity contribution is -0.122. The lowest BCUT2D eigenvalue weighted by Crippen LogP contribution is -2.37. The Kier molecular flexibility index (Phi) is 7.31. The maximum Gasteiger partial charge on any atom is 0.266 e. The molecule has 12 heteroatoms. The molecule has 2 aliphatic rings. The smallest absolute Gasteiger partial charge is 0.266 e. The molecule has 0 unspecified atom stereocenters. The SMILES string of the molecule is CCCC(=O)N[C@@H](c1cnn2cc([C@@H](NC(=O)c3conc3OC)C3CCC(F)(F)CC3)nc2c1)C1CC1. The summed E-state index contributed by atoms with van der Waals surface area (Å²) in [5, 5.41) is 14.3. The summed E-state index contributed by atoms with van der Waals surface area (Å²) in [6.45, 7) is 1.97. The van der Waals surface area contributed by atoms with Crippen LogP contribution in [0.15, 0.2) is 29.2 Å². The van der Waals surface area contributed by atoms with Crippen LogP contribution in [0.25, 0.3) is 5.65 Å². The Morgan fingerprint density at radius 1 is 1.18 bits per heavy atom. The summed E-state index contributed by atoms with van der Waals surface area (Å²) in [4.78, 5) is 30.2. The number of rotatable bonds is 10. The lowest BCUT2D eigenvalue weighted by Gasteiger charge is -2.33. The van der Waals surface area contributed by atoms with Crippen molar-refractivity contribution in [2.45, 2.75) is 76.3 Å². The van der Waals surface area contributed by atoms with Gasteiger partial charge in [-0.25, -0.2) is 18.3 Å². The minimum absolute atomic E-state index is 0.00865. The molecule has 2 saturated carbocycles. The van der Waals surface area contributed by atoms with Gasteiger partial charge in [0.25, 0.3) is 11.8 Å². The molecule has 0 aromatic carbocycles. The van der Waals surface area contributed by atoms with Crippen LogP contribution in [0, 0.1) is 11.8 Å². The number of nitrogens with one attached hydrogen (secondary N) is 2. The molecule has 10 nitrogen and oxygen atoms in total. The molecule has 2 aliphatic carbocycles. The first-order valence-corrected chi connectivity index (χ1v) is 13.1. The van der Waals surface area contributed by atoms with E-state index in [2.05, 4.69) is 20.9 Å². The van der Waals surface area contributed by atoms with Gasteiger partial charge in [0.05, 0.1) is 37.3 Å². The number of amides is 2. The molecular formula is C26H32F2N6O4. The van der Waals surface area contributed by atoms with Gasteiger partial charge in [-0.15, -0.1) is 0 Å². The second-order valence-electron chi connectivity index (χ2n) is 10.3. The molecule has 0 saturated heterocycles. The zero-order valence-electron chi connectivity index (χ0n) is 21.5. The number of carbonyl (C=O) groups excluding carboxylic acids is 2. The predicted octanol–water partition coefficient (Wildman–Crippen LogP) is 4.39. The largest absolute Gasteiger partial charge is 0.478 e. The van der Waals surface area contributed by atoms with Crippen LogP contribution in [-0.2, 0) is 4.79 Å². The number of hydrogen-bond acceptors (Lipinski definition) is 7. The molecule has 2 fully saturated rings. The fourth-order valence-corrected chi connectivity index (χ4v) is 5.18. The summed E-state index contributed by atoms with van der Waals surface area (Å²) >= 11 is 0. The van der Waals surface area contributed by atoms with Crippen molar-refractivity contribution < 1.29 is 27.6 Å². The number of alkyl halides is 2. The highest BCUT2D eigenvalue weighted by Crippen LogP contribution is 2.43. The number of imidazole rings is 1. The van der Waals surface area contributed by atoms with Gasteiger partial charge in [0.15, 0.2) is 5.65 Å². The third kappa shape index (κ3) is 5.63. The number of halogens is 2. The van der Waals surface area contributed by atoms with E-state index < -0.39 is 17.9 Å². The zero-order valence-corrected chi connectivity index (χ0v) is 21.5. The molecule has 3 aromatic rings. The van der Waals surface area contributed by atoms with Crippen molar-refractivity contribution in [2.75, 3.05) is 7.11 Å². The van der Waals surface area contributed by atoms with Crippen LogP contribution in [0.2, 0.25) is 0 Å². The Morgan fingerprint density at radius 2 is 1.92 bits per heavy atom. The van der Waals surface area contributed by atoms with Gasteiger partial charge < -0.3 is 19.9 Å². The second kappa shape index (κ2) is 10.7. The van der Waals surface area contributed by atoms with E-state index in [4.69, 9.17) is 14.2 Å². The summed E-state index contributed by atoms with van der Waals surface area (Å²) in [7, 11) is 1.38. The van der Waals surface area contributed by atoms with Crippen LogP contribution in [-0.4, -0.2) is 44.6 Å². The fourth-order valence-electron chi connectivity index (χ4n) is 5.18. The molecule has 5 rings (SSSR count). The normalized spacial score (nSPS) is 19.2. The molecular weight excluding hydrogens is 498 g/mol. The molecule has 38 heavy (non-hydrogen) atoms. The molecule has 3 aromatic heterocycles. The minimum Gasteiger partial charge on any atom is -0.478 e. The Balaban J connectivity index is 1.43. The van der Waals surface area contributed by atoms with Gasteiger partial charge >= 0.3 is 0 Å². The molecule has 2 N–H and O–H groups in total. The summed E-state index contributed by atoms with van der Waals surface area (Å²) in [6, 6.07) is 1.12. The van der Waals surface area contributed by atoms with Gasteiger partial charge in [0, 0.05) is 19.3 Å². The highest BCUT2D eigenvalue weighted by Gasteiger charge is 2.40. The van der Waals surface area contributed by atoms with E-state index in [1.165, 1.54) is 13.4 Å². The Hall–Kier alpha value is -3.57. The highest BCUT2D eigenvalue weighted by molar-refractivity contribution is 5.96. The average Bonchev–Trinajstić information content (AvgIpc) is 3.45. The van der Waals surface area contributed by atoms with Crippen LogP contribution in [0.1, 0.15) is 92.0 Å². The molecule has 0 aliphatic heterocycles. The summed E-state index contributed by atoms with van der Waals surface area (Å²) < 4.78 is 39.5. The maximum absolute atomic E-state index is 13.9. The fraction of sp³-hybridized carbons (Fsp3) is 0.577. The predicted molar refractivity (Wildman–Crippen MR) is 132 cm³/mol. The van der Waals surface area contributed by atoms with Crippen molar-refractivity contribution in [2.24, 2.45) is 11.8 Å². The van der Waals surface area contributed by atoms with E-state index >= 15 is 0 Å². The topological polar surface area (TPSA) is 124 Å². The van der Waals surface area contributed by atoms with Crippen molar-refractivity contribution in [3.63, 3.8) is 0 Å². The van der Waals surface area contributed by atoms with E-state index in [1.807, 2.05) is 13.0 Å². The minimum atomic E-state index is -2.71. The maximum atomic E-state index is 13.9. The van der Waals surface area contributed by atoms with Gasteiger partial charge in [0.1, 0.15) is 11.8 Å². The third-order valence-corrected chi connectivity index (χ3v) is 7.42. The van der Waals surface area contributed by atoms with Crippen molar-refractivity contribution >= 4 is 17.5 Å². The molecule has 0 bridgehead atoms. The van der Waals surface area contributed by atoms with Gasteiger partial charge in [-0.1, -0.05) is 6.92 Å². The third-order valence-electron chi connectivity index (χ3n) is 7.42. The van der Waals surface area contributed by atoms with Crippen LogP contribution < -0.4 is 15.4 Å².